The van der Waals surface area contributed by atoms with Crippen molar-refractivity contribution < 1.29 is 14.3 Å². The summed E-state index contributed by atoms with van der Waals surface area (Å²) in [5, 5.41) is 5.24. The van der Waals surface area contributed by atoms with E-state index in [2.05, 4.69) is 15.3 Å². The average molecular weight is 327 g/mol. The van der Waals surface area contributed by atoms with E-state index in [0.29, 0.717) is 35.4 Å². The number of carbonyl (C=O) groups is 1. The van der Waals surface area contributed by atoms with Gasteiger partial charge in [0.2, 0.25) is 0 Å². The predicted octanol–water partition coefficient (Wildman–Crippen LogP) is 3.16. The maximum Gasteiger partial charge on any atom is 0.261 e. The summed E-state index contributed by atoms with van der Waals surface area (Å²) in [6.07, 6.45) is 1.83. The van der Waals surface area contributed by atoms with E-state index in [1.165, 1.54) is 11.3 Å². The molecular formula is C16H13N3O3S. The molecule has 0 spiro atoms. The standard InChI is InChI=1S/C16H13N3O3S/c20-15(10-3-1-5-13-14(10)22-8-7-21-13)19-16-18-12(9-23-16)11-4-2-6-17-11/h1-6,9,17H,7-8H2,(H,18,19,20). The molecule has 6 nitrogen and oxygen atoms in total. The number of hydrogen-bond acceptors (Lipinski definition) is 5. The Balaban J connectivity index is 1.57. The molecule has 7 heteroatoms. The number of H-pyrrole nitrogens is 1. The normalized spacial score (nSPS) is 12.9. The lowest BCUT2D eigenvalue weighted by molar-refractivity contribution is 0.101. The maximum atomic E-state index is 12.5. The zero-order valence-corrected chi connectivity index (χ0v) is 12.9. The molecule has 23 heavy (non-hydrogen) atoms. The average Bonchev–Trinajstić information content (AvgIpc) is 3.25. The van der Waals surface area contributed by atoms with E-state index in [0.717, 1.165) is 11.4 Å². The molecule has 2 N–H and O–H groups in total. The second-order valence-corrected chi connectivity index (χ2v) is 5.76. The number of aromatic amines is 1. The largest absolute Gasteiger partial charge is 0.486 e. The van der Waals surface area contributed by atoms with Crippen LogP contribution in [0.5, 0.6) is 11.5 Å². The van der Waals surface area contributed by atoms with E-state index >= 15 is 0 Å². The van der Waals surface area contributed by atoms with Crippen LogP contribution in [0.4, 0.5) is 5.13 Å². The third-order valence-corrected chi connectivity index (χ3v) is 4.17. The molecule has 0 fully saturated rings. The molecule has 1 amide bonds. The first kappa shape index (κ1) is 13.8. The molecule has 4 rings (SSSR count). The van der Waals surface area contributed by atoms with Crippen LogP contribution in [0.1, 0.15) is 10.4 Å². The molecule has 0 atom stereocenters. The van der Waals surface area contributed by atoms with Crippen molar-refractivity contribution in [3.63, 3.8) is 0 Å². The van der Waals surface area contributed by atoms with Crippen molar-refractivity contribution in [1.29, 1.82) is 0 Å². The third-order valence-electron chi connectivity index (χ3n) is 3.41. The van der Waals surface area contributed by atoms with Crippen LogP contribution in [0, 0.1) is 0 Å². The van der Waals surface area contributed by atoms with Crippen molar-refractivity contribution in [2.75, 3.05) is 18.5 Å². The Morgan fingerprint density at radius 2 is 2.13 bits per heavy atom. The van der Waals surface area contributed by atoms with Crippen LogP contribution >= 0.6 is 11.3 Å². The summed E-state index contributed by atoms with van der Waals surface area (Å²) in [5.41, 5.74) is 2.15. The smallest absolute Gasteiger partial charge is 0.261 e. The summed E-state index contributed by atoms with van der Waals surface area (Å²) < 4.78 is 11.1. The summed E-state index contributed by atoms with van der Waals surface area (Å²) in [7, 11) is 0. The molecule has 0 radical (unpaired) electrons. The fourth-order valence-corrected chi connectivity index (χ4v) is 3.07. The summed E-state index contributed by atoms with van der Waals surface area (Å²) in [4.78, 5) is 20.0. The van der Waals surface area contributed by atoms with Gasteiger partial charge in [-0.1, -0.05) is 6.07 Å². The van der Waals surface area contributed by atoms with Crippen molar-refractivity contribution in [2.45, 2.75) is 0 Å². The van der Waals surface area contributed by atoms with Gasteiger partial charge in [0.25, 0.3) is 5.91 Å². The van der Waals surface area contributed by atoms with Gasteiger partial charge < -0.3 is 14.5 Å². The van der Waals surface area contributed by atoms with Crippen molar-refractivity contribution in [3.05, 3.63) is 47.5 Å². The number of nitrogens with zero attached hydrogens (tertiary/aromatic N) is 1. The molecule has 0 bridgehead atoms. The fraction of sp³-hybridized carbons (Fsp3) is 0.125. The number of rotatable bonds is 3. The maximum absolute atomic E-state index is 12.5. The second-order valence-electron chi connectivity index (χ2n) is 4.91. The van der Waals surface area contributed by atoms with Crippen LogP contribution in [0.2, 0.25) is 0 Å². The van der Waals surface area contributed by atoms with Gasteiger partial charge in [-0.2, -0.15) is 0 Å². The van der Waals surface area contributed by atoms with Crippen LogP contribution in [0.3, 0.4) is 0 Å². The van der Waals surface area contributed by atoms with Gasteiger partial charge in [0.15, 0.2) is 16.6 Å². The van der Waals surface area contributed by atoms with E-state index in [-0.39, 0.29) is 5.91 Å². The topological polar surface area (TPSA) is 76.2 Å². The quantitative estimate of drug-likeness (QED) is 0.775. The van der Waals surface area contributed by atoms with Gasteiger partial charge >= 0.3 is 0 Å². The first-order chi connectivity index (χ1) is 11.3. The summed E-state index contributed by atoms with van der Waals surface area (Å²) in [6, 6.07) is 9.11. The molecule has 0 saturated carbocycles. The highest BCUT2D eigenvalue weighted by molar-refractivity contribution is 7.14. The number of hydrogen-bond donors (Lipinski definition) is 2. The third kappa shape index (κ3) is 2.66. The molecule has 116 valence electrons. The summed E-state index contributed by atoms with van der Waals surface area (Å²) in [5.74, 6) is 0.812. The van der Waals surface area contributed by atoms with Crippen LogP contribution in [-0.2, 0) is 0 Å². The predicted molar refractivity (Wildman–Crippen MR) is 87.3 cm³/mol. The van der Waals surface area contributed by atoms with Crippen molar-refractivity contribution in [3.8, 4) is 22.9 Å². The van der Waals surface area contributed by atoms with E-state index in [1.807, 2.05) is 23.7 Å². The molecule has 0 saturated heterocycles. The summed E-state index contributed by atoms with van der Waals surface area (Å²) in [6.45, 7) is 0.926. The highest BCUT2D eigenvalue weighted by atomic mass is 32.1. The Hall–Kier alpha value is -2.80. The lowest BCUT2D eigenvalue weighted by atomic mass is 10.1. The molecule has 3 heterocycles. The zero-order chi connectivity index (χ0) is 15.6. The zero-order valence-electron chi connectivity index (χ0n) is 12.0. The van der Waals surface area contributed by atoms with Gasteiger partial charge in [-0.15, -0.1) is 11.3 Å². The van der Waals surface area contributed by atoms with E-state index in [4.69, 9.17) is 9.47 Å². The SMILES string of the molecule is O=C(Nc1nc(-c2ccc[nH]2)cs1)c1cccc2c1OCCO2. The Morgan fingerprint density at radius 1 is 1.22 bits per heavy atom. The van der Waals surface area contributed by atoms with Crippen molar-refractivity contribution in [1.82, 2.24) is 9.97 Å². The number of carbonyl (C=O) groups excluding carboxylic acids is 1. The van der Waals surface area contributed by atoms with E-state index in [9.17, 15) is 4.79 Å². The Bertz CT molecular complexity index is 842. The van der Waals surface area contributed by atoms with Crippen molar-refractivity contribution >= 4 is 22.4 Å². The number of nitrogens with one attached hydrogen (secondary N) is 2. The first-order valence-electron chi connectivity index (χ1n) is 7.10. The summed E-state index contributed by atoms with van der Waals surface area (Å²) >= 11 is 1.37. The Labute approximate surface area is 136 Å². The van der Waals surface area contributed by atoms with E-state index < -0.39 is 0 Å². The van der Waals surface area contributed by atoms with Crippen LogP contribution < -0.4 is 14.8 Å². The lowest BCUT2D eigenvalue weighted by Gasteiger charge is -2.20. The van der Waals surface area contributed by atoms with Crippen LogP contribution in [0.15, 0.2) is 41.9 Å². The number of para-hydroxylation sites is 1. The number of amides is 1. The molecule has 2 aromatic heterocycles. The van der Waals surface area contributed by atoms with Crippen LogP contribution in [0.25, 0.3) is 11.4 Å². The molecule has 1 aliphatic rings. The Kier molecular flexibility index (Phi) is 3.47. The first-order valence-corrected chi connectivity index (χ1v) is 7.98. The minimum atomic E-state index is -0.264. The number of anilines is 1. The number of fused-ring (bicyclic) bond motifs is 1. The van der Waals surface area contributed by atoms with Crippen LogP contribution in [-0.4, -0.2) is 29.1 Å². The monoisotopic (exact) mass is 327 g/mol. The Morgan fingerprint density at radius 3 is 3.00 bits per heavy atom. The minimum absolute atomic E-state index is 0.264. The fourth-order valence-electron chi connectivity index (χ4n) is 2.36. The van der Waals surface area contributed by atoms with Crippen molar-refractivity contribution in [2.24, 2.45) is 0 Å². The van der Waals surface area contributed by atoms with Gasteiger partial charge in [-0.05, 0) is 24.3 Å². The van der Waals surface area contributed by atoms with Gasteiger partial charge in [0.1, 0.15) is 13.2 Å². The molecular weight excluding hydrogens is 314 g/mol. The number of benzene rings is 1. The highest BCUT2D eigenvalue weighted by Crippen LogP contribution is 2.34. The number of ether oxygens (including phenoxy) is 2. The lowest BCUT2D eigenvalue weighted by Crippen LogP contribution is -2.20. The number of thiazole rings is 1. The van der Waals surface area contributed by atoms with E-state index in [1.54, 1.807) is 18.2 Å². The molecule has 1 aromatic carbocycles. The second kappa shape index (κ2) is 5.77. The number of aromatic nitrogens is 2. The molecule has 1 aliphatic heterocycles. The van der Waals surface area contributed by atoms with Gasteiger partial charge in [-0.3, -0.25) is 10.1 Å². The molecule has 0 aliphatic carbocycles. The molecule has 0 unspecified atom stereocenters. The minimum Gasteiger partial charge on any atom is -0.486 e. The van der Waals surface area contributed by atoms with Gasteiger partial charge in [0, 0.05) is 11.6 Å². The molecule has 3 aromatic rings. The highest BCUT2D eigenvalue weighted by Gasteiger charge is 2.21. The van der Waals surface area contributed by atoms with Gasteiger partial charge in [-0.25, -0.2) is 4.98 Å². The van der Waals surface area contributed by atoms with Gasteiger partial charge in [0.05, 0.1) is 17.0 Å².